The van der Waals surface area contributed by atoms with E-state index in [1.807, 2.05) is 6.07 Å². The first kappa shape index (κ1) is 13.3. The lowest BCUT2D eigenvalue weighted by Crippen LogP contribution is -2.28. The highest BCUT2D eigenvalue weighted by atomic mass is 35.5. The van der Waals surface area contributed by atoms with E-state index in [2.05, 4.69) is 4.90 Å². The van der Waals surface area contributed by atoms with E-state index in [0.717, 1.165) is 32.0 Å². The predicted octanol–water partition coefficient (Wildman–Crippen LogP) is 2.58. The summed E-state index contributed by atoms with van der Waals surface area (Å²) < 4.78 is 0. The van der Waals surface area contributed by atoms with Crippen molar-refractivity contribution in [2.24, 2.45) is 0 Å². The van der Waals surface area contributed by atoms with Gasteiger partial charge in [0.05, 0.1) is 4.92 Å². The Kier molecular flexibility index (Phi) is 3.88. The molecule has 1 aromatic rings. The maximum Gasteiger partial charge on any atom is 0.269 e. The Morgan fingerprint density at radius 2 is 1.83 bits per heavy atom. The second-order valence-corrected chi connectivity index (χ2v) is 4.98. The number of non-ortho nitro benzene ring substituents is 1. The van der Waals surface area contributed by atoms with E-state index >= 15 is 0 Å². The summed E-state index contributed by atoms with van der Waals surface area (Å²) in [6.45, 7) is 2.16. The molecule has 1 aliphatic carbocycles. The molecule has 18 heavy (non-hydrogen) atoms. The van der Waals surface area contributed by atoms with Crippen molar-refractivity contribution in [3.8, 4) is 0 Å². The molecule has 2 aliphatic rings. The van der Waals surface area contributed by atoms with Crippen LogP contribution in [0.5, 0.6) is 0 Å². The van der Waals surface area contributed by atoms with Crippen LogP contribution >= 0.6 is 12.4 Å². The number of hydrogen-bond donors (Lipinski definition) is 0. The fraction of sp³-hybridized carbons (Fsp3) is 0.538. The molecule has 0 bridgehead atoms. The van der Waals surface area contributed by atoms with Gasteiger partial charge in [0.1, 0.15) is 0 Å². The standard InChI is InChI=1S/C13H16N2O2.ClH/c16-15(17)13-2-1-10-5-7-14(12-3-4-12)8-6-11(10)9-13;/h1-2,9,12H,3-8H2;1H. The van der Waals surface area contributed by atoms with Crippen LogP contribution in [0.4, 0.5) is 5.69 Å². The van der Waals surface area contributed by atoms with Crippen molar-refractivity contribution in [2.75, 3.05) is 13.1 Å². The Morgan fingerprint density at radius 1 is 1.17 bits per heavy atom. The molecule has 0 aromatic heterocycles. The molecule has 0 atom stereocenters. The van der Waals surface area contributed by atoms with Gasteiger partial charge < -0.3 is 0 Å². The molecular formula is C13H17ClN2O2. The van der Waals surface area contributed by atoms with E-state index in [4.69, 9.17) is 0 Å². The molecule has 1 aromatic carbocycles. The summed E-state index contributed by atoms with van der Waals surface area (Å²) in [4.78, 5) is 13.0. The van der Waals surface area contributed by atoms with Crippen molar-refractivity contribution in [1.29, 1.82) is 0 Å². The van der Waals surface area contributed by atoms with E-state index in [1.165, 1.54) is 24.0 Å². The lowest BCUT2D eigenvalue weighted by Gasteiger charge is -2.18. The van der Waals surface area contributed by atoms with Crippen molar-refractivity contribution in [1.82, 2.24) is 4.90 Å². The minimum Gasteiger partial charge on any atom is -0.300 e. The summed E-state index contributed by atoms with van der Waals surface area (Å²) in [6, 6.07) is 6.11. The van der Waals surface area contributed by atoms with Gasteiger partial charge in [-0.2, -0.15) is 0 Å². The number of fused-ring (bicyclic) bond motifs is 1. The third kappa shape index (κ3) is 2.65. The van der Waals surface area contributed by atoms with Crippen molar-refractivity contribution in [3.63, 3.8) is 0 Å². The molecule has 1 heterocycles. The highest BCUT2D eigenvalue weighted by Crippen LogP contribution is 2.29. The summed E-state index contributed by atoms with van der Waals surface area (Å²) in [5, 5.41) is 10.8. The van der Waals surface area contributed by atoms with Gasteiger partial charge in [-0.15, -0.1) is 12.4 Å². The van der Waals surface area contributed by atoms with Gasteiger partial charge in [-0.05, 0) is 36.8 Å². The third-order valence-corrected chi connectivity index (χ3v) is 3.80. The van der Waals surface area contributed by atoms with Gasteiger partial charge in [-0.25, -0.2) is 0 Å². The van der Waals surface area contributed by atoms with Gasteiger partial charge >= 0.3 is 0 Å². The third-order valence-electron chi connectivity index (χ3n) is 3.80. The van der Waals surface area contributed by atoms with Crippen LogP contribution in [0.2, 0.25) is 0 Å². The van der Waals surface area contributed by atoms with Crippen molar-refractivity contribution in [3.05, 3.63) is 39.4 Å². The molecule has 0 amide bonds. The van der Waals surface area contributed by atoms with Crippen LogP contribution in [0.15, 0.2) is 18.2 Å². The lowest BCUT2D eigenvalue weighted by atomic mass is 10.0. The first-order valence-electron chi connectivity index (χ1n) is 6.24. The zero-order valence-corrected chi connectivity index (χ0v) is 11.0. The molecule has 5 heteroatoms. The normalized spacial score (nSPS) is 19.6. The zero-order valence-electron chi connectivity index (χ0n) is 10.2. The number of rotatable bonds is 2. The summed E-state index contributed by atoms with van der Waals surface area (Å²) in [5.41, 5.74) is 2.68. The number of nitro benzene ring substituents is 1. The lowest BCUT2D eigenvalue weighted by molar-refractivity contribution is -0.384. The average molecular weight is 269 g/mol. The number of halogens is 1. The fourth-order valence-electron chi connectivity index (χ4n) is 2.65. The van der Waals surface area contributed by atoms with E-state index < -0.39 is 0 Å². The van der Waals surface area contributed by atoms with Gasteiger partial charge in [0.15, 0.2) is 0 Å². The number of nitrogens with zero attached hydrogens (tertiary/aromatic N) is 2. The second-order valence-electron chi connectivity index (χ2n) is 4.98. The first-order chi connectivity index (χ1) is 8.24. The van der Waals surface area contributed by atoms with Crippen LogP contribution < -0.4 is 0 Å². The van der Waals surface area contributed by atoms with Gasteiger partial charge in [0.25, 0.3) is 5.69 Å². The largest absolute Gasteiger partial charge is 0.300 e. The second kappa shape index (κ2) is 5.24. The minimum atomic E-state index is -0.302. The monoisotopic (exact) mass is 268 g/mol. The van der Waals surface area contributed by atoms with Gasteiger partial charge in [0, 0.05) is 31.3 Å². The summed E-state index contributed by atoms with van der Waals surface area (Å²) in [7, 11) is 0. The zero-order chi connectivity index (χ0) is 11.8. The molecule has 1 saturated carbocycles. The molecule has 1 fully saturated rings. The van der Waals surface area contributed by atoms with Gasteiger partial charge in [-0.3, -0.25) is 15.0 Å². The maximum atomic E-state index is 10.8. The average Bonchev–Trinajstić information content (AvgIpc) is 3.13. The van der Waals surface area contributed by atoms with Gasteiger partial charge in [-0.1, -0.05) is 6.07 Å². The highest BCUT2D eigenvalue weighted by molar-refractivity contribution is 5.85. The topological polar surface area (TPSA) is 46.4 Å². The first-order valence-corrected chi connectivity index (χ1v) is 6.24. The van der Waals surface area contributed by atoms with Crippen LogP contribution in [0.3, 0.4) is 0 Å². The quantitative estimate of drug-likeness (QED) is 0.612. The Morgan fingerprint density at radius 3 is 2.44 bits per heavy atom. The van der Waals surface area contributed by atoms with Crippen LogP contribution in [-0.2, 0) is 12.8 Å². The number of benzene rings is 1. The molecule has 98 valence electrons. The molecule has 0 radical (unpaired) electrons. The van der Waals surface area contributed by atoms with Crippen LogP contribution in [0.25, 0.3) is 0 Å². The van der Waals surface area contributed by atoms with Crippen molar-refractivity contribution >= 4 is 18.1 Å². The Labute approximate surface area is 113 Å². The van der Waals surface area contributed by atoms with E-state index in [9.17, 15) is 10.1 Å². The molecule has 0 N–H and O–H groups in total. The predicted molar refractivity (Wildman–Crippen MR) is 72.3 cm³/mol. The summed E-state index contributed by atoms with van der Waals surface area (Å²) in [5.74, 6) is 0. The Balaban J connectivity index is 0.00000120. The molecule has 0 spiro atoms. The van der Waals surface area contributed by atoms with Crippen LogP contribution in [0.1, 0.15) is 24.0 Å². The fourth-order valence-corrected chi connectivity index (χ4v) is 2.65. The highest BCUT2D eigenvalue weighted by Gasteiger charge is 2.29. The molecule has 3 rings (SSSR count). The van der Waals surface area contributed by atoms with Gasteiger partial charge in [0.2, 0.25) is 0 Å². The summed E-state index contributed by atoms with van der Waals surface area (Å²) >= 11 is 0. The molecular weight excluding hydrogens is 252 g/mol. The molecule has 4 nitrogen and oxygen atoms in total. The molecule has 0 unspecified atom stereocenters. The minimum absolute atomic E-state index is 0. The van der Waals surface area contributed by atoms with Crippen molar-refractivity contribution in [2.45, 2.75) is 31.7 Å². The molecule has 1 aliphatic heterocycles. The van der Waals surface area contributed by atoms with E-state index in [0.29, 0.717) is 0 Å². The van der Waals surface area contributed by atoms with Crippen molar-refractivity contribution < 1.29 is 4.92 Å². The Bertz CT molecular complexity index is 460. The molecule has 0 saturated heterocycles. The summed E-state index contributed by atoms with van der Waals surface area (Å²) in [6.07, 6.45) is 4.64. The SMILES string of the molecule is Cl.O=[N+]([O-])c1ccc2c(c1)CCN(C1CC1)CC2. The van der Waals surface area contributed by atoms with Crippen LogP contribution in [0, 0.1) is 10.1 Å². The Hall–Kier alpha value is -1.13. The number of nitro groups is 1. The smallest absolute Gasteiger partial charge is 0.269 e. The van der Waals surface area contributed by atoms with E-state index in [-0.39, 0.29) is 23.0 Å². The van der Waals surface area contributed by atoms with E-state index in [1.54, 1.807) is 12.1 Å². The number of hydrogen-bond acceptors (Lipinski definition) is 3. The van der Waals surface area contributed by atoms with Crippen LogP contribution in [-0.4, -0.2) is 29.0 Å². The maximum absolute atomic E-state index is 10.8.